The minimum atomic E-state index is -1.60. The van der Waals surface area contributed by atoms with E-state index in [4.69, 9.17) is 10.5 Å². The van der Waals surface area contributed by atoms with E-state index in [0.717, 1.165) is 38.5 Å². The molecule has 3 fully saturated rings. The Morgan fingerprint density at radius 1 is 1.25 bits per heavy atom. The van der Waals surface area contributed by atoms with E-state index in [1.54, 1.807) is 6.07 Å². The molecular weight excluding hydrogens is 378 g/mol. The van der Waals surface area contributed by atoms with E-state index in [1.807, 2.05) is 19.2 Å². The second kappa shape index (κ2) is 9.59. The van der Waals surface area contributed by atoms with Gasteiger partial charge < -0.3 is 25.8 Å². The maximum atomic E-state index is 12.7. The van der Waals surface area contributed by atoms with E-state index >= 15 is 0 Å². The number of nitrogens with one attached hydrogen (secondary N) is 1. The van der Waals surface area contributed by atoms with Gasteiger partial charge in [-0.25, -0.2) is 0 Å². The highest BCUT2D eigenvalue weighted by Gasteiger charge is 2.49. The fourth-order valence-electron chi connectivity index (χ4n) is 4.77. The molecular formula is C20H32BClN2O4. The molecule has 1 aromatic rings. The highest BCUT2D eigenvalue weighted by Crippen LogP contribution is 2.54. The number of benzene rings is 1. The van der Waals surface area contributed by atoms with Crippen LogP contribution in [0.1, 0.15) is 67.3 Å². The first-order valence-corrected chi connectivity index (χ1v) is 9.96. The molecule has 1 amide bonds. The van der Waals surface area contributed by atoms with Crippen LogP contribution in [0.4, 0.5) is 0 Å². The molecule has 5 N–H and O–H groups in total. The number of carbonyl (C=O) groups is 1. The van der Waals surface area contributed by atoms with Gasteiger partial charge in [-0.2, -0.15) is 0 Å². The predicted octanol–water partition coefficient (Wildman–Crippen LogP) is 1.95. The summed E-state index contributed by atoms with van der Waals surface area (Å²) in [4.78, 5) is 12.7. The van der Waals surface area contributed by atoms with Crippen LogP contribution in [0.25, 0.3) is 0 Å². The zero-order valence-corrected chi connectivity index (χ0v) is 17.3. The van der Waals surface area contributed by atoms with E-state index < -0.39 is 13.1 Å². The van der Waals surface area contributed by atoms with Gasteiger partial charge in [0.05, 0.1) is 11.5 Å². The molecule has 8 heteroatoms. The van der Waals surface area contributed by atoms with Crippen LogP contribution in [0.2, 0.25) is 0 Å². The van der Waals surface area contributed by atoms with Crippen molar-refractivity contribution in [3.05, 3.63) is 35.4 Å². The van der Waals surface area contributed by atoms with Gasteiger partial charge >= 0.3 is 7.12 Å². The maximum absolute atomic E-state index is 12.7. The quantitative estimate of drug-likeness (QED) is 0.490. The van der Waals surface area contributed by atoms with E-state index in [9.17, 15) is 14.8 Å². The van der Waals surface area contributed by atoms with Crippen LogP contribution in [0.5, 0.6) is 0 Å². The van der Waals surface area contributed by atoms with Crippen LogP contribution in [-0.2, 0) is 10.2 Å². The molecule has 3 saturated carbocycles. The molecule has 0 aliphatic heterocycles. The van der Waals surface area contributed by atoms with Gasteiger partial charge in [0, 0.05) is 12.7 Å². The summed E-state index contributed by atoms with van der Waals surface area (Å²) in [7, 11) is 0.223. The fraction of sp³-hybridized carbons (Fsp3) is 0.650. The molecule has 0 unspecified atom stereocenters. The third-order valence-electron chi connectivity index (χ3n) is 6.74. The molecule has 4 rings (SSSR count). The summed E-state index contributed by atoms with van der Waals surface area (Å²) < 4.78 is 5.79. The van der Waals surface area contributed by atoms with Crippen LogP contribution in [0, 0.1) is 0 Å². The smallest absolute Gasteiger partial charge is 0.426 e. The number of rotatable bonds is 8. The Morgan fingerprint density at radius 3 is 2.43 bits per heavy atom. The number of hydrogen-bond acceptors (Lipinski definition) is 5. The van der Waals surface area contributed by atoms with E-state index in [2.05, 4.69) is 11.4 Å². The van der Waals surface area contributed by atoms with Gasteiger partial charge in [-0.05, 0) is 81.0 Å². The maximum Gasteiger partial charge on any atom is 0.475 e. The van der Waals surface area contributed by atoms with E-state index in [1.165, 1.54) is 5.56 Å². The Kier molecular flexibility index (Phi) is 7.93. The molecule has 0 radical (unpaired) electrons. The van der Waals surface area contributed by atoms with E-state index in [-0.39, 0.29) is 29.3 Å². The predicted molar refractivity (Wildman–Crippen MR) is 113 cm³/mol. The topological polar surface area (TPSA) is 105 Å². The van der Waals surface area contributed by atoms with Gasteiger partial charge in [0.15, 0.2) is 0 Å². The monoisotopic (exact) mass is 410 g/mol. The minimum Gasteiger partial charge on any atom is -0.426 e. The van der Waals surface area contributed by atoms with Gasteiger partial charge in [0.25, 0.3) is 5.91 Å². The summed E-state index contributed by atoms with van der Waals surface area (Å²) in [6.45, 7) is 0.445. The summed E-state index contributed by atoms with van der Waals surface area (Å²) in [5, 5.41) is 21.8. The van der Waals surface area contributed by atoms with Crippen LogP contribution < -0.4 is 11.1 Å². The highest BCUT2D eigenvalue weighted by atomic mass is 35.5. The van der Waals surface area contributed by atoms with Crippen molar-refractivity contribution in [3.8, 4) is 0 Å². The Morgan fingerprint density at radius 2 is 1.89 bits per heavy atom. The van der Waals surface area contributed by atoms with Crippen LogP contribution >= 0.6 is 12.4 Å². The number of ether oxygens (including phenoxy) is 1. The second-order valence-corrected chi connectivity index (χ2v) is 8.17. The number of fused-ring (bicyclic) bond motifs is 3. The Labute approximate surface area is 173 Å². The van der Waals surface area contributed by atoms with Crippen molar-refractivity contribution in [2.24, 2.45) is 5.73 Å². The van der Waals surface area contributed by atoms with Crippen LogP contribution in [0.3, 0.4) is 0 Å². The van der Waals surface area contributed by atoms with E-state index in [0.29, 0.717) is 24.9 Å². The number of hydrogen-bond donors (Lipinski definition) is 4. The fourth-order valence-corrected chi connectivity index (χ4v) is 4.77. The van der Waals surface area contributed by atoms with Crippen LogP contribution in [-0.4, -0.2) is 48.3 Å². The van der Waals surface area contributed by atoms with Crippen LogP contribution in [0.15, 0.2) is 24.3 Å². The Balaban J connectivity index is 0.00000280. The summed E-state index contributed by atoms with van der Waals surface area (Å²) in [5.41, 5.74) is 7.46. The van der Waals surface area contributed by atoms with Crippen molar-refractivity contribution >= 4 is 25.4 Å². The summed E-state index contributed by atoms with van der Waals surface area (Å²) >= 11 is 0. The number of carbonyl (C=O) groups excluding carboxylic acids is 1. The molecule has 28 heavy (non-hydrogen) atoms. The Bertz CT molecular complexity index is 649. The van der Waals surface area contributed by atoms with Gasteiger partial charge in [0.2, 0.25) is 0 Å². The van der Waals surface area contributed by atoms with Crippen molar-refractivity contribution < 1.29 is 19.6 Å². The van der Waals surface area contributed by atoms with Crippen molar-refractivity contribution in [2.45, 2.75) is 68.3 Å². The second-order valence-electron chi connectivity index (χ2n) is 8.17. The average molecular weight is 411 g/mol. The first-order valence-electron chi connectivity index (χ1n) is 9.96. The zero-order chi connectivity index (χ0) is 19.5. The lowest BCUT2D eigenvalue weighted by molar-refractivity contribution is -0.0955. The molecule has 0 saturated heterocycles. The summed E-state index contributed by atoms with van der Waals surface area (Å²) in [6, 6.07) is 7.80. The minimum absolute atomic E-state index is 0. The van der Waals surface area contributed by atoms with Gasteiger partial charge in [0.1, 0.15) is 0 Å². The molecule has 2 bridgehead atoms. The molecule has 3 aliphatic carbocycles. The number of methoxy groups -OCH3 is 1. The standard InChI is InChI=1S/C20H31BN2O4.ClH/c1-27-20-10-7-19(8-11-20,9-12-20)16-5-2-4-15(14-16)18(24)23-17(21(25)26)6-3-13-22;/h2,4-5,14,17,25-26H,3,6-13,22H2,1H3,(H,23,24);1H/t17-,19?,20?;/m0./s1. The third-order valence-corrected chi connectivity index (χ3v) is 6.74. The SMILES string of the molecule is COC12CCC(c3cccc(C(=O)N[C@@H](CCCN)B(O)O)c3)(CC1)CC2.Cl. The van der Waals surface area contributed by atoms with Crippen molar-refractivity contribution in [3.63, 3.8) is 0 Å². The van der Waals surface area contributed by atoms with Crippen molar-refractivity contribution in [2.75, 3.05) is 13.7 Å². The van der Waals surface area contributed by atoms with Gasteiger partial charge in [-0.1, -0.05) is 12.1 Å². The number of halogens is 1. The summed E-state index contributed by atoms with van der Waals surface area (Å²) in [5.74, 6) is -0.990. The molecule has 156 valence electrons. The lowest BCUT2D eigenvalue weighted by Crippen LogP contribution is -2.49. The normalized spacial score (nSPS) is 27.0. The number of nitrogens with two attached hydrogens (primary N) is 1. The highest BCUT2D eigenvalue weighted by molar-refractivity contribution is 6.43. The zero-order valence-electron chi connectivity index (χ0n) is 16.5. The molecule has 6 nitrogen and oxygen atoms in total. The van der Waals surface area contributed by atoms with Gasteiger partial charge in [-0.3, -0.25) is 4.79 Å². The van der Waals surface area contributed by atoms with Crippen molar-refractivity contribution in [1.29, 1.82) is 0 Å². The van der Waals surface area contributed by atoms with Gasteiger partial charge in [-0.15, -0.1) is 12.4 Å². The summed E-state index contributed by atoms with van der Waals surface area (Å²) in [6.07, 6.45) is 7.50. The van der Waals surface area contributed by atoms with Crippen molar-refractivity contribution in [1.82, 2.24) is 5.32 Å². The molecule has 0 aromatic heterocycles. The Hall–Kier alpha value is -1.12. The molecule has 0 heterocycles. The lowest BCUT2D eigenvalue weighted by atomic mass is 9.56. The molecule has 1 atom stereocenters. The largest absolute Gasteiger partial charge is 0.475 e. The molecule has 3 aliphatic rings. The first kappa shape index (κ1) is 23.2. The lowest BCUT2D eigenvalue weighted by Gasteiger charge is -2.53. The number of amides is 1. The average Bonchev–Trinajstić information content (AvgIpc) is 2.72. The third kappa shape index (κ3) is 4.71. The molecule has 1 aromatic carbocycles. The first-order chi connectivity index (χ1) is 12.9. The molecule has 0 spiro atoms.